The molecule has 0 fully saturated rings. The SMILES string of the molecule is CC1=C(OC(=O)OCC(C)(C)CCCNCC(O)COc2cccc3ccccc23)C(c2cccc([N+](=O)[O-])c2)C(OC(=O)OC(C)C)=C(C)N1. The normalized spacial score (nSPS) is 15.3. The Hall–Kier alpha value is -5.14. The van der Waals surface area contributed by atoms with E-state index in [1.165, 1.54) is 18.2 Å². The summed E-state index contributed by atoms with van der Waals surface area (Å²) in [5, 5.41) is 30.4. The second-order valence-corrected chi connectivity index (χ2v) is 13.5. The molecule has 2 unspecified atom stereocenters. The van der Waals surface area contributed by atoms with Crippen molar-refractivity contribution < 1.29 is 43.3 Å². The number of ether oxygens (including phenoxy) is 5. The highest BCUT2D eigenvalue weighted by molar-refractivity contribution is 5.88. The Labute approximate surface area is 297 Å². The van der Waals surface area contributed by atoms with E-state index in [1.807, 2.05) is 56.3 Å². The number of fused-ring (bicyclic) bond motifs is 1. The second kappa shape index (κ2) is 17.7. The summed E-state index contributed by atoms with van der Waals surface area (Å²) in [4.78, 5) is 36.7. The lowest BCUT2D eigenvalue weighted by atomic mass is 9.89. The summed E-state index contributed by atoms with van der Waals surface area (Å²) in [7, 11) is 0. The van der Waals surface area contributed by atoms with E-state index >= 15 is 0 Å². The molecule has 2 atom stereocenters. The summed E-state index contributed by atoms with van der Waals surface area (Å²) in [6.07, 6.45) is -1.65. The van der Waals surface area contributed by atoms with E-state index in [9.17, 15) is 24.8 Å². The third-order valence-corrected chi connectivity index (χ3v) is 8.12. The van der Waals surface area contributed by atoms with Gasteiger partial charge in [-0.2, -0.15) is 0 Å². The molecule has 274 valence electrons. The summed E-state index contributed by atoms with van der Waals surface area (Å²) in [6.45, 7) is 11.8. The van der Waals surface area contributed by atoms with Crippen LogP contribution >= 0.6 is 0 Å². The van der Waals surface area contributed by atoms with Crippen LogP contribution in [0.2, 0.25) is 0 Å². The quantitative estimate of drug-likeness (QED) is 0.0584. The van der Waals surface area contributed by atoms with E-state index in [0.29, 0.717) is 36.5 Å². The van der Waals surface area contributed by atoms with Crippen LogP contribution in [0.25, 0.3) is 10.8 Å². The zero-order chi connectivity index (χ0) is 37.1. The average molecular weight is 706 g/mol. The Morgan fingerprint density at radius 3 is 2.35 bits per heavy atom. The number of non-ortho nitro benzene ring substituents is 1. The monoisotopic (exact) mass is 705 g/mol. The Morgan fingerprint density at radius 2 is 1.65 bits per heavy atom. The number of nitro groups is 1. The van der Waals surface area contributed by atoms with Gasteiger partial charge in [0, 0.05) is 24.1 Å². The molecule has 0 saturated heterocycles. The number of nitro benzene ring substituents is 1. The first kappa shape index (κ1) is 38.7. The van der Waals surface area contributed by atoms with Crippen molar-refractivity contribution in [1.82, 2.24) is 10.6 Å². The summed E-state index contributed by atoms with van der Waals surface area (Å²) >= 11 is 0. The van der Waals surface area contributed by atoms with E-state index in [4.69, 9.17) is 23.7 Å². The minimum Gasteiger partial charge on any atom is -0.490 e. The summed E-state index contributed by atoms with van der Waals surface area (Å²) in [5.74, 6) is -0.147. The predicted octanol–water partition coefficient (Wildman–Crippen LogP) is 7.45. The number of aliphatic hydroxyl groups is 1. The van der Waals surface area contributed by atoms with Crippen molar-refractivity contribution in [1.29, 1.82) is 0 Å². The maximum Gasteiger partial charge on any atom is 0.513 e. The van der Waals surface area contributed by atoms with Crippen LogP contribution in [-0.4, -0.2) is 60.9 Å². The lowest BCUT2D eigenvalue weighted by Crippen LogP contribution is -2.32. The number of nitrogens with one attached hydrogen (secondary N) is 2. The summed E-state index contributed by atoms with van der Waals surface area (Å²) in [6, 6.07) is 19.5. The average Bonchev–Trinajstić information content (AvgIpc) is 3.08. The molecule has 0 amide bonds. The molecule has 0 aromatic heterocycles. The molecule has 0 spiro atoms. The Kier molecular flexibility index (Phi) is 13.4. The van der Waals surface area contributed by atoms with Crippen molar-refractivity contribution in [3.8, 4) is 5.75 Å². The molecule has 0 bridgehead atoms. The molecular weight excluding hydrogens is 658 g/mol. The first-order chi connectivity index (χ1) is 24.2. The fourth-order valence-corrected chi connectivity index (χ4v) is 5.63. The molecule has 13 heteroatoms. The van der Waals surface area contributed by atoms with Crippen LogP contribution in [0.3, 0.4) is 0 Å². The van der Waals surface area contributed by atoms with Crippen LogP contribution in [0.1, 0.15) is 65.9 Å². The minimum absolute atomic E-state index is 0.0491. The van der Waals surface area contributed by atoms with Gasteiger partial charge in [0.05, 0.1) is 22.4 Å². The van der Waals surface area contributed by atoms with Gasteiger partial charge in [0.1, 0.15) is 42.5 Å². The summed E-state index contributed by atoms with van der Waals surface area (Å²) in [5.41, 5.74) is 0.631. The fraction of sp³-hybridized carbons (Fsp3) is 0.421. The van der Waals surface area contributed by atoms with Crippen molar-refractivity contribution in [3.05, 3.63) is 105 Å². The van der Waals surface area contributed by atoms with E-state index in [-0.39, 0.29) is 30.4 Å². The maximum absolute atomic E-state index is 13.1. The highest BCUT2D eigenvalue weighted by Crippen LogP contribution is 2.40. The molecule has 1 aliphatic heterocycles. The van der Waals surface area contributed by atoms with Gasteiger partial charge in [-0.1, -0.05) is 62.4 Å². The lowest BCUT2D eigenvalue weighted by molar-refractivity contribution is -0.384. The number of carbonyl (C=O) groups is 2. The van der Waals surface area contributed by atoms with Crippen molar-refractivity contribution >= 4 is 28.8 Å². The second-order valence-electron chi connectivity index (χ2n) is 13.5. The zero-order valence-corrected chi connectivity index (χ0v) is 29.9. The molecule has 13 nitrogen and oxygen atoms in total. The predicted molar refractivity (Wildman–Crippen MR) is 191 cm³/mol. The van der Waals surface area contributed by atoms with Gasteiger partial charge in [0.2, 0.25) is 0 Å². The van der Waals surface area contributed by atoms with Crippen LogP contribution in [0, 0.1) is 15.5 Å². The van der Waals surface area contributed by atoms with Gasteiger partial charge in [-0.25, -0.2) is 9.59 Å². The van der Waals surface area contributed by atoms with Gasteiger partial charge in [0.25, 0.3) is 5.69 Å². The van der Waals surface area contributed by atoms with E-state index < -0.39 is 40.8 Å². The Bertz CT molecular complexity index is 1760. The van der Waals surface area contributed by atoms with Crippen molar-refractivity contribution in [2.75, 3.05) is 26.3 Å². The number of carbonyl (C=O) groups excluding carboxylic acids is 2. The van der Waals surface area contributed by atoms with Crippen LogP contribution in [0.5, 0.6) is 5.75 Å². The van der Waals surface area contributed by atoms with Gasteiger partial charge >= 0.3 is 12.3 Å². The molecule has 3 N–H and O–H groups in total. The first-order valence-electron chi connectivity index (χ1n) is 16.9. The van der Waals surface area contributed by atoms with Crippen molar-refractivity contribution in [3.63, 3.8) is 0 Å². The number of allylic oxidation sites excluding steroid dienone is 2. The van der Waals surface area contributed by atoms with E-state index in [1.54, 1.807) is 33.8 Å². The molecule has 3 aromatic carbocycles. The highest BCUT2D eigenvalue weighted by Gasteiger charge is 2.36. The first-order valence-corrected chi connectivity index (χ1v) is 16.9. The Morgan fingerprint density at radius 1 is 0.980 bits per heavy atom. The zero-order valence-electron chi connectivity index (χ0n) is 29.9. The number of hydrogen-bond donors (Lipinski definition) is 3. The number of hydrogen-bond acceptors (Lipinski definition) is 12. The van der Waals surface area contributed by atoms with Gasteiger partial charge in [-0.15, -0.1) is 0 Å². The molecule has 0 saturated carbocycles. The highest BCUT2D eigenvalue weighted by atomic mass is 16.7. The van der Waals surface area contributed by atoms with Crippen LogP contribution in [0.4, 0.5) is 15.3 Å². The van der Waals surface area contributed by atoms with Gasteiger partial charge in [0.15, 0.2) is 0 Å². The molecule has 3 aromatic rings. The largest absolute Gasteiger partial charge is 0.513 e. The van der Waals surface area contributed by atoms with Crippen molar-refractivity contribution in [2.45, 2.75) is 72.5 Å². The standard InChI is InChI=1S/C38H47N3O10/c1-24(2)49-37(44)51-35-26(4)40-25(3)34(33(35)28-14-9-15-29(20-28)41(45)46)50-36(43)48-23-38(5,6)18-11-19-39-21-30(42)22-47-32-17-10-13-27-12-7-8-16-31(27)32/h7-10,12-17,20,24,30,33,39-40,42H,11,18-19,21-23H2,1-6H3. The molecule has 1 aliphatic rings. The Balaban J connectivity index is 1.29. The minimum atomic E-state index is -0.995. The number of rotatable bonds is 16. The maximum atomic E-state index is 13.1. The van der Waals surface area contributed by atoms with E-state index in [2.05, 4.69) is 10.6 Å². The smallest absolute Gasteiger partial charge is 0.490 e. The topological polar surface area (TPSA) is 168 Å². The van der Waals surface area contributed by atoms with Crippen LogP contribution < -0.4 is 15.4 Å². The summed E-state index contributed by atoms with van der Waals surface area (Å²) < 4.78 is 27.9. The van der Waals surface area contributed by atoms with Crippen LogP contribution in [-0.2, 0) is 18.9 Å². The van der Waals surface area contributed by atoms with Gasteiger partial charge < -0.3 is 39.4 Å². The molecular formula is C38H47N3O10. The lowest BCUT2D eigenvalue weighted by Gasteiger charge is -2.30. The van der Waals surface area contributed by atoms with Gasteiger partial charge in [-0.05, 0) is 69.5 Å². The fourth-order valence-electron chi connectivity index (χ4n) is 5.63. The number of aliphatic hydroxyl groups excluding tert-OH is 1. The number of benzene rings is 3. The van der Waals surface area contributed by atoms with Gasteiger partial charge in [-0.3, -0.25) is 10.1 Å². The third-order valence-electron chi connectivity index (χ3n) is 8.12. The third kappa shape index (κ3) is 11.2. The van der Waals surface area contributed by atoms with E-state index in [0.717, 1.165) is 22.9 Å². The number of dihydropyridines is 1. The molecule has 0 aliphatic carbocycles. The number of nitrogens with zero attached hydrogens (tertiary/aromatic N) is 1. The molecule has 4 rings (SSSR count). The molecule has 0 radical (unpaired) electrons. The van der Waals surface area contributed by atoms with Crippen molar-refractivity contribution in [2.24, 2.45) is 5.41 Å². The molecule has 1 heterocycles. The molecule has 51 heavy (non-hydrogen) atoms. The van der Waals surface area contributed by atoms with Crippen LogP contribution in [0.15, 0.2) is 89.6 Å².